The molecule has 0 aromatic heterocycles. The second kappa shape index (κ2) is 7.13. The molecule has 7 heteroatoms. The lowest BCUT2D eigenvalue weighted by atomic mass is 9.82. The number of rotatable bonds is 4. The highest BCUT2D eigenvalue weighted by Crippen LogP contribution is 2.41. The summed E-state index contributed by atoms with van der Waals surface area (Å²) in [6.07, 6.45) is 0.285. The van der Waals surface area contributed by atoms with Crippen LogP contribution in [0.2, 0.25) is 0 Å². The van der Waals surface area contributed by atoms with Crippen molar-refractivity contribution in [2.45, 2.75) is 26.2 Å². The number of carbonyl (C=O) groups is 1. The number of carbonyl (C=O) groups excluding carboxylic acids is 1. The lowest BCUT2D eigenvalue weighted by Crippen LogP contribution is -2.26. The van der Waals surface area contributed by atoms with Crippen LogP contribution in [0.4, 0.5) is 8.78 Å². The second-order valence-electron chi connectivity index (χ2n) is 5.00. The fraction of sp³-hybridized carbons (Fsp3) is 0.294. The van der Waals surface area contributed by atoms with Gasteiger partial charge in [-0.15, -0.1) is 0 Å². The summed E-state index contributed by atoms with van der Waals surface area (Å²) in [5.41, 5.74) is 5.58. The fourth-order valence-corrected chi connectivity index (χ4v) is 2.56. The summed E-state index contributed by atoms with van der Waals surface area (Å²) in [5.74, 6) is -3.52. The maximum Gasteiger partial charge on any atom is 0.338 e. The molecule has 0 radical (unpaired) electrons. The van der Waals surface area contributed by atoms with Crippen LogP contribution in [0.15, 0.2) is 41.0 Å². The van der Waals surface area contributed by atoms with Gasteiger partial charge in [-0.2, -0.15) is 5.26 Å². The largest absolute Gasteiger partial charge is 0.463 e. The molecule has 1 heterocycles. The molecule has 0 spiro atoms. The molecule has 1 aliphatic heterocycles. The molecule has 0 unspecified atom stereocenters. The molecular weight excluding hydrogens is 318 g/mol. The van der Waals surface area contributed by atoms with Gasteiger partial charge < -0.3 is 15.2 Å². The van der Waals surface area contributed by atoms with Gasteiger partial charge in [0.25, 0.3) is 0 Å². The quantitative estimate of drug-likeness (QED) is 0.856. The molecule has 5 nitrogen and oxygen atoms in total. The molecule has 0 saturated heterocycles. The highest BCUT2D eigenvalue weighted by Gasteiger charge is 2.38. The van der Waals surface area contributed by atoms with Crippen LogP contribution in [0, 0.1) is 23.0 Å². The van der Waals surface area contributed by atoms with E-state index in [0.29, 0.717) is 6.07 Å². The molecule has 2 rings (SSSR count). The zero-order valence-electron chi connectivity index (χ0n) is 13.2. The summed E-state index contributed by atoms with van der Waals surface area (Å²) in [6, 6.07) is 4.76. The number of nitriles is 1. The van der Waals surface area contributed by atoms with E-state index in [1.165, 1.54) is 6.07 Å². The minimum atomic E-state index is -1.11. The average Bonchev–Trinajstić information content (AvgIpc) is 2.54. The van der Waals surface area contributed by atoms with Crippen LogP contribution in [0.1, 0.15) is 31.7 Å². The summed E-state index contributed by atoms with van der Waals surface area (Å²) < 4.78 is 37.9. The number of nitrogens with two attached hydrogens (primary N) is 1. The van der Waals surface area contributed by atoms with Crippen LogP contribution < -0.4 is 5.73 Å². The molecule has 126 valence electrons. The molecular formula is C17H16F2N2O3. The Bertz CT molecular complexity index is 779. The number of hydrogen-bond acceptors (Lipinski definition) is 5. The van der Waals surface area contributed by atoms with Crippen molar-refractivity contribution in [2.75, 3.05) is 6.61 Å². The van der Waals surface area contributed by atoms with Gasteiger partial charge >= 0.3 is 5.97 Å². The first-order chi connectivity index (χ1) is 11.4. The predicted octanol–water partition coefficient (Wildman–Crippen LogP) is 3.00. The normalized spacial score (nSPS) is 17.4. The van der Waals surface area contributed by atoms with Crippen LogP contribution in [0.25, 0.3) is 0 Å². The first-order valence-electron chi connectivity index (χ1n) is 7.37. The molecule has 24 heavy (non-hydrogen) atoms. The summed E-state index contributed by atoms with van der Waals surface area (Å²) in [5, 5.41) is 9.39. The molecule has 0 bridgehead atoms. The van der Waals surface area contributed by atoms with Crippen LogP contribution in [0.3, 0.4) is 0 Å². The van der Waals surface area contributed by atoms with Gasteiger partial charge in [0.15, 0.2) is 0 Å². The average molecular weight is 334 g/mol. The van der Waals surface area contributed by atoms with E-state index in [1.807, 2.05) is 6.07 Å². The van der Waals surface area contributed by atoms with E-state index in [9.17, 15) is 18.8 Å². The summed E-state index contributed by atoms with van der Waals surface area (Å²) in [4.78, 5) is 12.4. The predicted molar refractivity (Wildman–Crippen MR) is 81.0 cm³/mol. The summed E-state index contributed by atoms with van der Waals surface area (Å²) in [6.45, 7) is 3.44. The molecule has 0 saturated carbocycles. The number of halogens is 2. The number of hydrogen-bond donors (Lipinski definition) is 1. The molecule has 0 fully saturated rings. The van der Waals surface area contributed by atoms with Crippen molar-refractivity contribution in [2.24, 2.45) is 5.73 Å². The lowest BCUT2D eigenvalue weighted by molar-refractivity contribution is -0.139. The van der Waals surface area contributed by atoms with E-state index in [0.717, 1.165) is 6.07 Å². The van der Waals surface area contributed by atoms with Crippen molar-refractivity contribution in [3.8, 4) is 6.07 Å². The Morgan fingerprint density at radius 1 is 1.42 bits per heavy atom. The van der Waals surface area contributed by atoms with Gasteiger partial charge in [-0.25, -0.2) is 13.6 Å². The molecule has 0 amide bonds. The number of allylic oxidation sites excluding steroid dienone is 2. The Kier molecular flexibility index (Phi) is 5.19. The molecule has 2 N–H and O–H groups in total. The van der Waals surface area contributed by atoms with Crippen molar-refractivity contribution in [1.82, 2.24) is 0 Å². The first kappa shape index (κ1) is 17.5. The molecule has 1 aliphatic rings. The monoisotopic (exact) mass is 334 g/mol. The Morgan fingerprint density at radius 3 is 2.67 bits per heavy atom. The van der Waals surface area contributed by atoms with Crippen molar-refractivity contribution in [3.63, 3.8) is 0 Å². The van der Waals surface area contributed by atoms with Crippen molar-refractivity contribution in [1.29, 1.82) is 5.26 Å². The van der Waals surface area contributed by atoms with Crippen molar-refractivity contribution >= 4 is 5.97 Å². The van der Waals surface area contributed by atoms with Gasteiger partial charge in [-0.3, -0.25) is 0 Å². The van der Waals surface area contributed by atoms with Crippen LogP contribution >= 0.6 is 0 Å². The molecule has 0 aliphatic carbocycles. The molecule has 1 atom stereocenters. The molecule has 1 aromatic rings. The highest BCUT2D eigenvalue weighted by atomic mass is 19.1. The highest BCUT2D eigenvalue weighted by molar-refractivity contribution is 5.92. The Morgan fingerprint density at radius 2 is 2.12 bits per heavy atom. The van der Waals surface area contributed by atoms with Crippen LogP contribution in [0.5, 0.6) is 0 Å². The van der Waals surface area contributed by atoms with Crippen molar-refractivity contribution in [3.05, 3.63) is 58.2 Å². The van der Waals surface area contributed by atoms with Crippen molar-refractivity contribution < 1.29 is 23.0 Å². The topological polar surface area (TPSA) is 85.3 Å². The SMILES string of the molecule is CCOC(=O)C1=C(CC)OC(N)=C(C#N)[C@@H]1c1ccc(F)cc1F. The Balaban J connectivity index is 2.71. The standard InChI is InChI=1S/C17H16F2N2O3/c1-3-13-15(17(22)23-4-2)14(11(8-20)16(21)24-13)10-6-5-9(18)7-12(10)19/h5-7,14H,3-4,21H2,1-2H3/t14-/m0/s1. The molecule has 1 aromatic carbocycles. The number of benzene rings is 1. The lowest BCUT2D eigenvalue weighted by Gasteiger charge is -2.28. The maximum absolute atomic E-state index is 14.3. The minimum absolute atomic E-state index is 0.00407. The number of esters is 1. The van der Waals surface area contributed by atoms with E-state index in [1.54, 1.807) is 13.8 Å². The van der Waals surface area contributed by atoms with Gasteiger partial charge in [0.05, 0.1) is 18.1 Å². The fourth-order valence-electron chi connectivity index (χ4n) is 2.56. The summed E-state index contributed by atoms with van der Waals surface area (Å²) >= 11 is 0. The van der Waals surface area contributed by atoms with E-state index in [-0.39, 0.29) is 41.4 Å². The van der Waals surface area contributed by atoms with E-state index < -0.39 is 23.5 Å². The van der Waals surface area contributed by atoms with Crippen LogP contribution in [-0.4, -0.2) is 12.6 Å². The third kappa shape index (κ3) is 3.08. The maximum atomic E-state index is 14.3. The van der Waals surface area contributed by atoms with Gasteiger partial charge in [0, 0.05) is 18.1 Å². The zero-order valence-corrected chi connectivity index (χ0v) is 13.2. The van der Waals surface area contributed by atoms with Crippen LogP contribution in [-0.2, 0) is 14.3 Å². The Labute approximate surface area is 138 Å². The van der Waals surface area contributed by atoms with E-state index in [2.05, 4.69) is 0 Å². The zero-order chi connectivity index (χ0) is 17.9. The van der Waals surface area contributed by atoms with E-state index in [4.69, 9.17) is 15.2 Å². The summed E-state index contributed by atoms with van der Waals surface area (Å²) in [7, 11) is 0. The first-order valence-corrected chi connectivity index (χ1v) is 7.37. The van der Waals surface area contributed by atoms with Gasteiger partial charge in [-0.05, 0) is 13.0 Å². The minimum Gasteiger partial charge on any atom is -0.463 e. The third-order valence-corrected chi connectivity index (χ3v) is 3.59. The van der Waals surface area contributed by atoms with Gasteiger partial charge in [0.1, 0.15) is 29.0 Å². The second-order valence-corrected chi connectivity index (χ2v) is 5.00. The Hall–Kier alpha value is -2.88. The van der Waals surface area contributed by atoms with Gasteiger partial charge in [-0.1, -0.05) is 13.0 Å². The number of nitrogens with zero attached hydrogens (tertiary/aromatic N) is 1. The van der Waals surface area contributed by atoms with Gasteiger partial charge in [0.2, 0.25) is 5.88 Å². The number of ether oxygens (including phenoxy) is 2. The smallest absolute Gasteiger partial charge is 0.338 e. The van der Waals surface area contributed by atoms with E-state index >= 15 is 0 Å². The third-order valence-electron chi connectivity index (χ3n) is 3.59.